The Bertz CT molecular complexity index is 390. The average molecular weight is 395 g/mol. The van der Waals surface area contributed by atoms with Crippen LogP contribution in [-0.2, 0) is 19.2 Å². The van der Waals surface area contributed by atoms with Crippen molar-refractivity contribution in [2.24, 2.45) is 11.8 Å². The molecule has 2 atom stereocenters. The van der Waals surface area contributed by atoms with E-state index in [4.69, 9.17) is 0 Å². The molecule has 0 aliphatic heterocycles. The molecule has 0 aromatic carbocycles. The first-order valence-electron chi connectivity index (χ1n) is 11.6. The largest absolute Gasteiger partial charge is 0.303 e. The number of ketones is 2. The summed E-state index contributed by atoms with van der Waals surface area (Å²) in [7, 11) is 0. The lowest BCUT2D eigenvalue weighted by molar-refractivity contribution is -0.139. The van der Waals surface area contributed by atoms with E-state index in [0.29, 0.717) is 12.6 Å². The molecule has 0 amide bonds. The minimum atomic E-state index is -1.09. The average Bonchev–Trinajstić information content (AvgIpc) is 2.70. The van der Waals surface area contributed by atoms with Gasteiger partial charge in [-0.15, -0.1) is 0 Å². The highest BCUT2D eigenvalue weighted by Gasteiger charge is 2.32. The monoisotopic (exact) mass is 394 g/mol. The minimum Gasteiger partial charge on any atom is -0.303 e. The molecular formula is C24H42O4. The van der Waals surface area contributed by atoms with E-state index < -0.39 is 11.8 Å². The van der Waals surface area contributed by atoms with Crippen LogP contribution in [0.1, 0.15) is 117 Å². The maximum Gasteiger partial charge on any atom is 0.144 e. The number of rotatable bonds is 21. The zero-order chi connectivity index (χ0) is 21.0. The summed E-state index contributed by atoms with van der Waals surface area (Å²) in [5.41, 5.74) is 0. The molecule has 0 saturated heterocycles. The Morgan fingerprint density at radius 3 is 1.11 bits per heavy atom. The summed E-state index contributed by atoms with van der Waals surface area (Å²) in [6, 6.07) is 0. The third kappa shape index (κ3) is 13.0. The van der Waals surface area contributed by atoms with E-state index in [1.165, 1.54) is 51.4 Å². The molecule has 162 valence electrons. The van der Waals surface area contributed by atoms with Crippen LogP contribution in [0, 0.1) is 11.8 Å². The second-order valence-electron chi connectivity index (χ2n) is 8.00. The van der Waals surface area contributed by atoms with E-state index in [0.717, 1.165) is 38.5 Å². The number of Topliss-reactive ketones (excluding diaryl/α,β-unsaturated/α-hetero) is 2. The third-order valence-corrected chi connectivity index (χ3v) is 5.48. The van der Waals surface area contributed by atoms with Crippen LogP contribution in [-0.4, -0.2) is 24.1 Å². The van der Waals surface area contributed by atoms with Crippen LogP contribution in [0.2, 0.25) is 0 Å². The van der Waals surface area contributed by atoms with Crippen molar-refractivity contribution in [1.29, 1.82) is 0 Å². The standard InChI is InChI=1S/C24H42O4/c1-3-5-7-9-11-13-15-17-23(27)21(19-25)22(20-26)24(28)18-16-14-12-10-8-6-4-2/h19-22H,3-18H2,1-2H3. The Labute approximate surface area is 172 Å². The van der Waals surface area contributed by atoms with Gasteiger partial charge in [0.1, 0.15) is 24.1 Å². The van der Waals surface area contributed by atoms with E-state index in [9.17, 15) is 19.2 Å². The highest BCUT2D eigenvalue weighted by atomic mass is 16.2. The first kappa shape index (κ1) is 26.7. The normalized spacial score (nSPS) is 13.1. The van der Waals surface area contributed by atoms with Crippen molar-refractivity contribution < 1.29 is 19.2 Å². The SMILES string of the molecule is CCCCCCCCCC(=O)C(C=O)C(C=O)C(=O)CCCCCCCCC. The molecular weight excluding hydrogens is 352 g/mol. The Kier molecular flexibility index (Phi) is 18.1. The van der Waals surface area contributed by atoms with Crippen LogP contribution in [0.15, 0.2) is 0 Å². The van der Waals surface area contributed by atoms with E-state index >= 15 is 0 Å². The number of carbonyl (C=O) groups is 4. The molecule has 4 nitrogen and oxygen atoms in total. The van der Waals surface area contributed by atoms with Crippen molar-refractivity contribution in [3.63, 3.8) is 0 Å². The second kappa shape index (κ2) is 19.0. The number of carbonyl (C=O) groups excluding carboxylic acids is 4. The third-order valence-electron chi connectivity index (χ3n) is 5.48. The van der Waals surface area contributed by atoms with Gasteiger partial charge in [0.05, 0.1) is 11.8 Å². The first-order valence-corrected chi connectivity index (χ1v) is 11.6. The van der Waals surface area contributed by atoms with Crippen molar-refractivity contribution in [1.82, 2.24) is 0 Å². The lowest BCUT2D eigenvalue weighted by Gasteiger charge is -2.15. The zero-order valence-electron chi connectivity index (χ0n) is 18.3. The van der Waals surface area contributed by atoms with Gasteiger partial charge in [-0.2, -0.15) is 0 Å². The summed E-state index contributed by atoms with van der Waals surface area (Å²) in [5.74, 6) is -2.69. The van der Waals surface area contributed by atoms with Gasteiger partial charge >= 0.3 is 0 Å². The summed E-state index contributed by atoms with van der Waals surface area (Å²) < 4.78 is 0. The fourth-order valence-corrected chi connectivity index (χ4v) is 3.57. The highest BCUT2D eigenvalue weighted by Crippen LogP contribution is 2.18. The van der Waals surface area contributed by atoms with Crippen molar-refractivity contribution in [2.45, 2.75) is 117 Å². The predicted molar refractivity (Wildman–Crippen MR) is 114 cm³/mol. The van der Waals surface area contributed by atoms with Crippen LogP contribution in [0.3, 0.4) is 0 Å². The van der Waals surface area contributed by atoms with Gasteiger partial charge in [0.2, 0.25) is 0 Å². The van der Waals surface area contributed by atoms with Gasteiger partial charge in [-0.1, -0.05) is 90.9 Å². The molecule has 0 saturated carbocycles. The van der Waals surface area contributed by atoms with Gasteiger partial charge in [0.25, 0.3) is 0 Å². The molecule has 0 N–H and O–H groups in total. The Hall–Kier alpha value is -1.32. The Balaban J connectivity index is 4.18. The van der Waals surface area contributed by atoms with Crippen LogP contribution in [0.25, 0.3) is 0 Å². The molecule has 0 bridgehead atoms. The molecule has 0 radical (unpaired) electrons. The number of unbranched alkanes of at least 4 members (excludes halogenated alkanes) is 12. The predicted octanol–water partition coefficient (Wildman–Crippen LogP) is 6.04. The molecule has 0 aliphatic rings. The summed E-state index contributed by atoms with van der Waals surface area (Å²) >= 11 is 0. The molecule has 0 fully saturated rings. The molecule has 0 aromatic rings. The van der Waals surface area contributed by atoms with Crippen LogP contribution in [0.4, 0.5) is 0 Å². The summed E-state index contributed by atoms with van der Waals surface area (Å²) in [6.45, 7) is 4.35. The molecule has 4 heteroatoms. The molecule has 0 rings (SSSR count). The van der Waals surface area contributed by atoms with Crippen LogP contribution in [0.5, 0.6) is 0 Å². The summed E-state index contributed by atoms with van der Waals surface area (Å²) in [4.78, 5) is 47.5. The van der Waals surface area contributed by atoms with E-state index in [1.807, 2.05) is 0 Å². The quantitative estimate of drug-likeness (QED) is 0.135. The molecule has 0 heterocycles. The lowest BCUT2D eigenvalue weighted by atomic mass is 9.84. The van der Waals surface area contributed by atoms with Gasteiger partial charge in [0.15, 0.2) is 0 Å². The smallest absolute Gasteiger partial charge is 0.144 e. The highest BCUT2D eigenvalue weighted by molar-refractivity contribution is 6.05. The second-order valence-corrected chi connectivity index (χ2v) is 8.00. The van der Waals surface area contributed by atoms with Crippen molar-refractivity contribution in [2.75, 3.05) is 0 Å². The minimum absolute atomic E-state index is 0.256. The van der Waals surface area contributed by atoms with Gasteiger partial charge in [-0.3, -0.25) is 9.59 Å². The van der Waals surface area contributed by atoms with Gasteiger partial charge < -0.3 is 9.59 Å². The lowest BCUT2D eigenvalue weighted by Crippen LogP contribution is -2.32. The molecule has 0 aromatic heterocycles. The molecule has 0 spiro atoms. The maximum absolute atomic E-state index is 12.3. The van der Waals surface area contributed by atoms with Crippen LogP contribution >= 0.6 is 0 Å². The Morgan fingerprint density at radius 1 is 0.536 bits per heavy atom. The first-order chi connectivity index (χ1) is 13.6. The van der Waals surface area contributed by atoms with E-state index in [2.05, 4.69) is 13.8 Å². The summed E-state index contributed by atoms with van der Waals surface area (Å²) in [5, 5.41) is 0. The van der Waals surface area contributed by atoms with E-state index in [-0.39, 0.29) is 24.4 Å². The van der Waals surface area contributed by atoms with Gasteiger partial charge in [-0.25, -0.2) is 0 Å². The topological polar surface area (TPSA) is 68.3 Å². The zero-order valence-corrected chi connectivity index (χ0v) is 18.3. The fourth-order valence-electron chi connectivity index (χ4n) is 3.57. The molecule has 28 heavy (non-hydrogen) atoms. The number of hydrogen-bond acceptors (Lipinski definition) is 4. The number of hydrogen-bond donors (Lipinski definition) is 0. The van der Waals surface area contributed by atoms with E-state index in [1.54, 1.807) is 0 Å². The molecule has 2 unspecified atom stereocenters. The van der Waals surface area contributed by atoms with Crippen molar-refractivity contribution >= 4 is 24.1 Å². The van der Waals surface area contributed by atoms with Gasteiger partial charge in [-0.05, 0) is 12.8 Å². The Morgan fingerprint density at radius 2 is 0.821 bits per heavy atom. The fraction of sp³-hybridized carbons (Fsp3) is 0.833. The number of aldehydes is 2. The van der Waals surface area contributed by atoms with Gasteiger partial charge in [0, 0.05) is 12.8 Å². The molecule has 0 aliphatic carbocycles. The van der Waals surface area contributed by atoms with Crippen molar-refractivity contribution in [3.05, 3.63) is 0 Å². The van der Waals surface area contributed by atoms with Crippen LogP contribution < -0.4 is 0 Å². The van der Waals surface area contributed by atoms with Crippen molar-refractivity contribution in [3.8, 4) is 0 Å². The summed E-state index contributed by atoms with van der Waals surface area (Å²) in [6.07, 6.45) is 16.8. The maximum atomic E-state index is 12.3.